The largest absolute Gasteiger partial charge is 0.299 e. The van der Waals surface area contributed by atoms with Crippen molar-refractivity contribution in [1.82, 2.24) is 0 Å². The summed E-state index contributed by atoms with van der Waals surface area (Å²) in [6.07, 6.45) is 3.90. The van der Waals surface area contributed by atoms with Crippen molar-refractivity contribution in [2.24, 2.45) is 11.8 Å². The second kappa shape index (κ2) is 8.37. The number of carbonyl (C=O) groups excluding carboxylic acids is 1. The normalized spacial score (nSPS) is 14.6. The van der Waals surface area contributed by atoms with Gasteiger partial charge < -0.3 is 0 Å². The van der Waals surface area contributed by atoms with Crippen LogP contribution < -0.4 is 0 Å². The first-order valence-corrected chi connectivity index (χ1v) is 9.75. The minimum absolute atomic E-state index is 0.379. The van der Waals surface area contributed by atoms with Gasteiger partial charge in [-0.05, 0) is 66.5 Å². The molecule has 134 valence electrons. The van der Waals surface area contributed by atoms with E-state index < -0.39 is 0 Å². The molecule has 26 heavy (non-hydrogen) atoms. The van der Waals surface area contributed by atoms with Crippen LogP contribution in [0.2, 0.25) is 0 Å². The summed E-state index contributed by atoms with van der Waals surface area (Å²) < 4.78 is 0. The summed E-state index contributed by atoms with van der Waals surface area (Å²) in [5.41, 5.74) is 4.70. The monoisotopic (exact) mass is 344 g/mol. The van der Waals surface area contributed by atoms with Crippen LogP contribution in [-0.2, 0) is 11.2 Å². The maximum absolute atomic E-state index is 11.9. The maximum Gasteiger partial charge on any atom is 0.136 e. The highest BCUT2D eigenvalue weighted by Crippen LogP contribution is 2.32. The zero-order valence-electron chi connectivity index (χ0n) is 16.1. The fraction of sp³-hybridized carbons (Fsp3) is 0.400. The van der Waals surface area contributed by atoms with Crippen molar-refractivity contribution in [1.29, 1.82) is 0 Å². The van der Waals surface area contributed by atoms with Crippen LogP contribution in [0.5, 0.6) is 0 Å². The number of hydrogen-bond donors (Lipinski definition) is 0. The van der Waals surface area contributed by atoms with Crippen LogP contribution >= 0.6 is 0 Å². The fourth-order valence-electron chi connectivity index (χ4n) is 3.21. The summed E-state index contributed by atoms with van der Waals surface area (Å²) in [4.78, 5) is 11.9. The van der Waals surface area contributed by atoms with Gasteiger partial charge in [0.15, 0.2) is 0 Å². The van der Waals surface area contributed by atoms with Crippen molar-refractivity contribution < 1.29 is 4.79 Å². The molecule has 1 heteroatoms. The maximum atomic E-state index is 11.9. The van der Waals surface area contributed by atoms with Crippen molar-refractivity contribution >= 4 is 5.78 Å². The van der Waals surface area contributed by atoms with E-state index in [1.165, 1.54) is 11.1 Å². The summed E-state index contributed by atoms with van der Waals surface area (Å²) in [6, 6.07) is 16.9. The summed E-state index contributed by atoms with van der Waals surface area (Å²) >= 11 is 0. The first-order valence-electron chi connectivity index (χ1n) is 9.75. The molecule has 0 amide bonds. The molecule has 0 aromatic heterocycles. The summed E-state index contributed by atoms with van der Waals surface area (Å²) in [7, 11) is 0. The van der Waals surface area contributed by atoms with Gasteiger partial charge in [0.1, 0.15) is 5.78 Å². The molecule has 1 fully saturated rings. The van der Waals surface area contributed by atoms with Crippen molar-refractivity contribution in [3.63, 3.8) is 0 Å². The van der Waals surface area contributed by atoms with E-state index in [0.29, 0.717) is 23.5 Å². The molecule has 3 rings (SSSR count). The Morgan fingerprint density at radius 2 is 1.46 bits per heavy atom. The van der Waals surface area contributed by atoms with Crippen molar-refractivity contribution in [2.75, 3.05) is 0 Å². The van der Waals surface area contributed by atoms with Crippen molar-refractivity contribution in [3.05, 3.63) is 70.8 Å². The van der Waals surface area contributed by atoms with E-state index in [4.69, 9.17) is 0 Å². The lowest BCUT2D eigenvalue weighted by Gasteiger charge is -2.10. The highest BCUT2D eigenvalue weighted by Gasteiger charge is 2.29. The number of ketones is 1. The Morgan fingerprint density at radius 1 is 0.923 bits per heavy atom. The van der Waals surface area contributed by atoms with Crippen LogP contribution in [0, 0.1) is 23.7 Å². The van der Waals surface area contributed by atoms with Crippen LogP contribution in [0.4, 0.5) is 0 Å². The smallest absolute Gasteiger partial charge is 0.136 e. The van der Waals surface area contributed by atoms with E-state index in [2.05, 4.69) is 81.1 Å². The molecule has 0 bridgehead atoms. The lowest BCUT2D eigenvalue weighted by Crippen LogP contribution is -2.09. The summed E-state index contributed by atoms with van der Waals surface area (Å²) in [5.74, 6) is 8.28. The number of hydrogen-bond acceptors (Lipinski definition) is 1. The minimum Gasteiger partial charge on any atom is -0.299 e. The molecule has 2 aromatic rings. The average molecular weight is 344 g/mol. The Balaban J connectivity index is 1.56. The van der Waals surface area contributed by atoms with Gasteiger partial charge in [-0.15, -0.1) is 0 Å². The Morgan fingerprint density at radius 3 is 1.96 bits per heavy atom. The lowest BCUT2D eigenvalue weighted by atomic mass is 9.94. The Kier molecular flexibility index (Phi) is 5.94. The second-order valence-corrected chi connectivity index (χ2v) is 7.98. The van der Waals surface area contributed by atoms with E-state index in [1.807, 2.05) is 0 Å². The third-order valence-corrected chi connectivity index (χ3v) is 5.05. The molecule has 0 N–H and O–H groups in total. The molecule has 1 unspecified atom stereocenters. The molecule has 0 spiro atoms. The van der Waals surface area contributed by atoms with Crippen LogP contribution in [0.3, 0.4) is 0 Å². The predicted molar refractivity (Wildman–Crippen MR) is 108 cm³/mol. The van der Waals surface area contributed by atoms with E-state index >= 15 is 0 Å². The quantitative estimate of drug-likeness (QED) is 0.609. The lowest BCUT2D eigenvalue weighted by molar-refractivity contribution is -0.121. The predicted octanol–water partition coefficient (Wildman–Crippen LogP) is 5.76. The summed E-state index contributed by atoms with van der Waals surface area (Å²) in [5, 5.41) is 0. The number of benzene rings is 2. The molecular formula is C25H28O. The minimum atomic E-state index is 0.379. The van der Waals surface area contributed by atoms with Gasteiger partial charge in [-0.1, -0.05) is 56.9 Å². The van der Waals surface area contributed by atoms with Crippen LogP contribution in [0.1, 0.15) is 68.2 Å². The van der Waals surface area contributed by atoms with Crippen LogP contribution in [0.15, 0.2) is 48.5 Å². The van der Waals surface area contributed by atoms with E-state index in [1.54, 1.807) is 0 Å². The zero-order valence-corrected chi connectivity index (χ0v) is 16.1. The highest BCUT2D eigenvalue weighted by molar-refractivity contribution is 5.83. The Bertz CT molecular complexity index is 796. The average Bonchev–Trinajstić information content (AvgIpc) is 3.46. The molecule has 0 radical (unpaired) electrons. The van der Waals surface area contributed by atoms with Gasteiger partial charge in [-0.3, -0.25) is 4.79 Å². The van der Waals surface area contributed by atoms with Crippen molar-refractivity contribution in [3.8, 4) is 11.8 Å². The molecule has 1 nitrogen and oxygen atoms in total. The molecule has 0 aliphatic heterocycles. The van der Waals surface area contributed by atoms with Gasteiger partial charge in [-0.2, -0.15) is 0 Å². The first-order chi connectivity index (χ1) is 12.5. The first kappa shape index (κ1) is 18.5. The van der Waals surface area contributed by atoms with Crippen LogP contribution in [-0.4, -0.2) is 5.78 Å². The SMILES string of the molecule is CC(CC(=O)C1CC1)Cc1ccc(C#Cc2ccc(C(C)C)cc2)cc1. The Hall–Kier alpha value is -2.33. The van der Waals surface area contributed by atoms with Gasteiger partial charge in [0.2, 0.25) is 0 Å². The third-order valence-electron chi connectivity index (χ3n) is 5.05. The number of rotatable bonds is 6. The molecule has 0 heterocycles. The molecule has 1 atom stereocenters. The zero-order chi connectivity index (χ0) is 18.5. The standard InChI is InChI=1S/C25H28O/c1-18(2)23-12-10-21(11-13-23)5-4-20-6-8-22(9-7-20)16-19(3)17-25(26)24-14-15-24/h6-13,18-19,24H,14-17H2,1-3H3. The Labute approximate surface area is 157 Å². The molecular weight excluding hydrogens is 316 g/mol. The topological polar surface area (TPSA) is 17.1 Å². The summed E-state index contributed by atoms with van der Waals surface area (Å²) in [6.45, 7) is 6.57. The molecule has 2 aromatic carbocycles. The highest BCUT2D eigenvalue weighted by atomic mass is 16.1. The second-order valence-electron chi connectivity index (χ2n) is 7.98. The van der Waals surface area contributed by atoms with Gasteiger partial charge in [0.25, 0.3) is 0 Å². The third kappa shape index (κ3) is 5.33. The van der Waals surface area contributed by atoms with Crippen LogP contribution in [0.25, 0.3) is 0 Å². The van der Waals surface area contributed by atoms with Gasteiger partial charge in [0, 0.05) is 23.5 Å². The number of carbonyl (C=O) groups is 1. The molecule has 1 aliphatic rings. The van der Waals surface area contributed by atoms with E-state index in [9.17, 15) is 4.79 Å². The van der Waals surface area contributed by atoms with Crippen molar-refractivity contribution in [2.45, 2.75) is 52.4 Å². The van der Waals surface area contributed by atoms with E-state index in [0.717, 1.165) is 36.8 Å². The number of Topliss-reactive ketones (excluding diaryl/α,β-unsaturated/α-hetero) is 1. The molecule has 1 aliphatic carbocycles. The van der Waals surface area contributed by atoms with Gasteiger partial charge in [0.05, 0.1) is 0 Å². The van der Waals surface area contributed by atoms with Gasteiger partial charge in [-0.25, -0.2) is 0 Å². The molecule has 0 saturated heterocycles. The molecule has 1 saturated carbocycles. The fourth-order valence-corrected chi connectivity index (χ4v) is 3.21. The van der Waals surface area contributed by atoms with Gasteiger partial charge >= 0.3 is 0 Å². The van der Waals surface area contributed by atoms with E-state index in [-0.39, 0.29) is 0 Å².